The van der Waals surface area contributed by atoms with Gasteiger partial charge in [0.15, 0.2) is 0 Å². The van der Waals surface area contributed by atoms with Crippen LogP contribution in [0.4, 0.5) is 5.00 Å². The van der Waals surface area contributed by atoms with Crippen LogP contribution in [-0.2, 0) is 0 Å². The predicted octanol–water partition coefficient (Wildman–Crippen LogP) is 3.32. The van der Waals surface area contributed by atoms with Crippen molar-refractivity contribution in [2.75, 3.05) is 20.0 Å². The van der Waals surface area contributed by atoms with Crippen molar-refractivity contribution in [3.05, 3.63) is 29.1 Å². The van der Waals surface area contributed by atoms with Gasteiger partial charge in [0.25, 0.3) is 0 Å². The molecular formula is C13H15NO2S. The lowest BCUT2D eigenvalue weighted by Gasteiger charge is -2.10. The van der Waals surface area contributed by atoms with Crippen LogP contribution in [0.15, 0.2) is 24.3 Å². The molecule has 2 rings (SSSR count). The molecule has 0 unspecified atom stereocenters. The van der Waals surface area contributed by atoms with E-state index in [2.05, 4.69) is 6.92 Å². The highest BCUT2D eigenvalue weighted by atomic mass is 32.1. The number of nitrogen functional groups attached to an aromatic ring is 1. The zero-order valence-electron chi connectivity index (χ0n) is 10.1. The molecule has 1 heterocycles. The highest BCUT2D eigenvalue weighted by Crippen LogP contribution is 2.39. The number of rotatable bonds is 3. The number of anilines is 1. The van der Waals surface area contributed by atoms with Crippen molar-refractivity contribution >= 4 is 16.3 Å². The first-order valence-electron chi connectivity index (χ1n) is 5.24. The van der Waals surface area contributed by atoms with Crippen molar-refractivity contribution in [2.45, 2.75) is 6.92 Å². The second-order valence-corrected chi connectivity index (χ2v) is 4.97. The van der Waals surface area contributed by atoms with Crippen molar-refractivity contribution in [1.82, 2.24) is 0 Å². The maximum Gasteiger partial charge on any atom is 0.130 e. The number of hydrogen-bond acceptors (Lipinski definition) is 4. The molecule has 3 nitrogen and oxygen atoms in total. The number of benzene rings is 1. The van der Waals surface area contributed by atoms with E-state index in [1.807, 2.05) is 24.3 Å². The highest BCUT2D eigenvalue weighted by Gasteiger charge is 2.12. The molecule has 0 radical (unpaired) electrons. The Bertz CT molecular complexity index is 534. The van der Waals surface area contributed by atoms with Gasteiger partial charge < -0.3 is 15.2 Å². The van der Waals surface area contributed by atoms with Gasteiger partial charge in [0.2, 0.25) is 0 Å². The normalized spacial score (nSPS) is 10.3. The van der Waals surface area contributed by atoms with E-state index < -0.39 is 0 Å². The molecule has 0 saturated heterocycles. The fourth-order valence-corrected chi connectivity index (χ4v) is 2.60. The number of aryl methyl sites for hydroxylation is 1. The van der Waals surface area contributed by atoms with E-state index in [9.17, 15) is 0 Å². The summed E-state index contributed by atoms with van der Waals surface area (Å²) in [6.07, 6.45) is 0. The summed E-state index contributed by atoms with van der Waals surface area (Å²) in [7, 11) is 3.30. The summed E-state index contributed by atoms with van der Waals surface area (Å²) in [6, 6.07) is 7.77. The first-order chi connectivity index (χ1) is 8.15. The second-order valence-electron chi connectivity index (χ2n) is 3.68. The Hall–Kier alpha value is -1.68. The van der Waals surface area contributed by atoms with Crippen LogP contribution < -0.4 is 15.2 Å². The average Bonchev–Trinajstić information content (AvgIpc) is 2.67. The maximum absolute atomic E-state index is 5.82. The minimum absolute atomic E-state index is 0.784. The molecule has 90 valence electrons. The molecular weight excluding hydrogens is 234 g/mol. The maximum atomic E-state index is 5.82. The van der Waals surface area contributed by atoms with E-state index >= 15 is 0 Å². The van der Waals surface area contributed by atoms with Crippen LogP contribution in [0.3, 0.4) is 0 Å². The summed E-state index contributed by atoms with van der Waals surface area (Å²) >= 11 is 1.58. The Kier molecular flexibility index (Phi) is 3.24. The van der Waals surface area contributed by atoms with E-state index in [0.717, 1.165) is 27.6 Å². The van der Waals surface area contributed by atoms with Crippen molar-refractivity contribution in [1.29, 1.82) is 0 Å². The summed E-state index contributed by atoms with van der Waals surface area (Å²) in [5.74, 6) is 1.58. The van der Waals surface area contributed by atoms with Crippen LogP contribution in [0.2, 0.25) is 0 Å². The largest absolute Gasteiger partial charge is 0.497 e. The molecule has 0 aliphatic rings. The lowest BCUT2D eigenvalue weighted by atomic mass is 10.1. The van der Waals surface area contributed by atoms with Crippen LogP contribution >= 0.6 is 11.3 Å². The molecule has 1 aromatic heterocycles. The molecule has 2 aromatic rings. The van der Waals surface area contributed by atoms with E-state index in [0.29, 0.717) is 0 Å². The molecule has 0 fully saturated rings. The molecule has 2 N–H and O–H groups in total. The van der Waals surface area contributed by atoms with Gasteiger partial charge >= 0.3 is 0 Å². The van der Waals surface area contributed by atoms with Crippen molar-refractivity contribution in [3.8, 4) is 22.6 Å². The SMILES string of the molecule is COc1ccc(-c2cc(N)sc2C)c(OC)c1. The lowest BCUT2D eigenvalue weighted by molar-refractivity contribution is 0.395. The highest BCUT2D eigenvalue weighted by molar-refractivity contribution is 7.16. The van der Waals surface area contributed by atoms with E-state index in [-0.39, 0.29) is 0 Å². The fraction of sp³-hybridized carbons (Fsp3) is 0.231. The fourth-order valence-electron chi connectivity index (χ4n) is 1.79. The molecule has 0 aliphatic heterocycles. The average molecular weight is 249 g/mol. The van der Waals surface area contributed by atoms with Crippen LogP contribution in [0, 0.1) is 6.92 Å². The van der Waals surface area contributed by atoms with Gasteiger partial charge in [0, 0.05) is 22.1 Å². The van der Waals surface area contributed by atoms with Crippen LogP contribution in [0.25, 0.3) is 11.1 Å². The van der Waals surface area contributed by atoms with Crippen LogP contribution in [0.1, 0.15) is 4.88 Å². The third-order valence-electron chi connectivity index (χ3n) is 2.64. The molecule has 0 saturated carbocycles. The monoisotopic (exact) mass is 249 g/mol. The van der Waals surface area contributed by atoms with E-state index in [4.69, 9.17) is 15.2 Å². The predicted molar refractivity (Wildman–Crippen MR) is 72.0 cm³/mol. The summed E-state index contributed by atoms with van der Waals surface area (Å²) in [4.78, 5) is 1.19. The Labute approximate surface area is 105 Å². The Morgan fingerprint density at radius 3 is 2.35 bits per heavy atom. The van der Waals surface area contributed by atoms with E-state index in [1.54, 1.807) is 25.6 Å². The van der Waals surface area contributed by atoms with Gasteiger partial charge in [-0.15, -0.1) is 11.3 Å². The molecule has 1 aromatic carbocycles. The molecule has 0 aliphatic carbocycles. The van der Waals surface area contributed by atoms with E-state index in [1.165, 1.54) is 4.88 Å². The zero-order valence-corrected chi connectivity index (χ0v) is 10.9. The van der Waals surface area contributed by atoms with Crippen LogP contribution in [0.5, 0.6) is 11.5 Å². The van der Waals surface area contributed by atoms with Crippen LogP contribution in [-0.4, -0.2) is 14.2 Å². The lowest BCUT2D eigenvalue weighted by Crippen LogP contribution is -1.90. The smallest absolute Gasteiger partial charge is 0.130 e. The molecule has 0 spiro atoms. The van der Waals surface area contributed by atoms with Gasteiger partial charge in [-0.05, 0) is 25.1 Å². The topological polar surface area (TPSA) is 44.5 Å². The number of hydrogen-bond donors (Lipinski definition) is 1. The van der Waals surface area contributed by atoms with Crippen molar-refractivity contribution < 1.29 is 9.47 Å². The first kappa shape index (κ1) is 11.8. The summed E-state index contributed by atoms with van der Waals surface area (Å²) < 4.78 is 10.6. The number of thiophene rings is 1. The number of nitrogens with two attached hydrogens (primary N) is 1. The molecule has 17 heavy (non-hydrogen) atoms. The Morgan fingerprint density at radius 1 is 1.06 bits per heavy atom. The second kappa shape index (κ2) is 4.67. The van der Waals surface area contributed by atoms with Gasteiger partial charge in [0.1, 0.15) is 11.5 Å². The standard InChI is InChI=1S/C13H15NO2S/c1-8-11(7-13(14)17-8)10-5-4-9(15-2)6-12(10)16-3/h4-7H,14H2,1-3H3. The first-order valence-corrected chi connectivity index (χ1v) is 6.05. The Morgan fingerprint density at radius 2 is 1.82 bits per heavy atom. The zero-order chi connectivity index (χ0) is 12.4. The quantitative estimate of drug-likeness (QED) is 0.907. The summed E-state index contributed by atoms with van der Waals surface area (Å²) in [5.41, 5.74) is 7.98. The molecule has 4 heteroatoms. The molecule has 0 bridgehead atoms. The van der Waals surface area contributed by atoms with Gasteiger partial charge in [0.05, 0.1) is 19.2 Å². The number of methoxy groups -OCH3 is 2. The summed E-state index contributed by atoms with van der Waals surface area (Å²) in [6.45, 7) is 2.06. The minimum Gasteiger partial charge on any atom is -0.497 e. The van der Waals surface area contributed by atoms with Crippen molar-refractivity contribution in [3.63, 3.8) is 0 Å². The van der Waals surface area contributed by atoms with Crippen molar-refractivity contribution in [2.24, 2.45) is 0 Å². The number of ether oxygens (including phenoxy) is 2. The third-order valence-corrected chi connectivity index (χ3v) is 3.52. The molecule has 0 amide bonds. The van der Waals surface area contributed by atoms with Gasteiger partial charge in [-0.25, -0.2) is 0 Å². The third kappa shape index (κ3) is 2.22. The van der Waals surface area contributed by atoms with Gasteiger partial charge in [-0.2, -0.15) is 0 Å². The van der Waals surface area contributed by atoms with Gasteiger partial charge in [-0.3, -0.25) is 0 Å². The summed E-state index contributed by atoms with van der Waals surface area (Å²) in [5, 5.41) is 0.815. The van der Waals surface area contributed by atoms with Gasteiger partial charge in [-0.1, -0.05) is 0 Å². The minimum atomic E-state index is 0.784. The molecule has 0 atom stereocenters. The Balaban J connectivity index is 2.55.